The number of aromatic nitrogens is 3. The number of carbonyl (C=O) groups excluding carboxylic acids is 1. The second kappa shape index (κ2) is 6.87. The van der Waals surface area contributed by atoms with Gasteiger partial charge in [-0.2, -0.15) is 0 Å². The number of anilines is 1. The average molecular weight is 392 g/mol. The Bertz CT molecular complexity index is 1060. The van der Waals surface area contributed by atoms with Crippen molar-refractivity contribution in [2.24, 2.45) is 5.41 Å². The van der Waals surface area contributed by atoms with Crippen molar-refractivity contribution in [1.82, 2.24) is 20.3 Å². The summed E-state index contributed by atoms with van der Waals surface area (Å²) in [6.45, 7) is 12.6. The van der Waals surface area contributed by atoms with Crippen molar-refractivity contribution < 1.29 is 4.79 Å². The van der Waals surface area contributed by atoms with Gasteiger partial charge in [0.05, 0.1) is 17.5 Å². The van der Waals surface area contributed by atoms with E-state index in [0.717, 1.165) is 24.3 Å². The lowest BCUT2D eigenvalue weighted by Crippen LogP contribution is -2.40. The zero-order valence-corrected chi connectivity index (χ0v) is 17.8. The topological polar surface area (TPSA) is 73.9 Å². The summed E-state index contributed by atoms with van der Waals surface area (Å²) in [5, 5.41) is 2.99. The summed E-state index contributed by atoms with van der Waals surface area (Å²) in [5.41, 5.74) is 4.73. The van der Waals surface area contributed by atoms with Gasteiger partial charge in [0.2, 0.25) is 0 Å². The number of hydrogen-bond donors (Lipinski definition) is 2. The molecule has 0 bridgehead atoms. The van der Waals surface area contributed by atoms with Crippen LogP contribution in [0.4, 0.5) is 5.69 Å². The Balaban J connectivity index is 1.67. The largest absolute Gasteiger partial charge is 0.371 e. The smallest absolute Gasteiger partial charge is 0.255 e. The molecule has 6 nitrogen and oxygen atoms in total. The van der Waals surface area contributed by atoms with Crippen LogP contribution in [0.15, 0.2) is 36.7 Å². The lowest BCUT2D eigenvalue weighted by Gasteiger charge is -2.22. The molecule has 0 spiro atoms. The monoisotopic (exact) mass is 391 g/mol. The molecule has 4 rings (SSSR count). The number of aromatic amines is 1. The van der Waals surface area contributed by atoms with E-state index in [1.165, 1.54) is 12.1 Å². The molecule has 2 aromatic heterocycles. The van der Waals surface area contributed by atoms with Crippen molar-refractivity contribution >= 4 is 22.8 Å². The molecule has 1 saturated heterocycles. The second-order valence-electron chi connectivity index (χ2n) is 9.75. The average Bonchev–Trinajstić information content (AvgIpc) is 3.23. The first-order valence-electron chi connectivity index (χ1n) is 10.1. The van der Waals surface area contributed by atoms with E-state index < -0.39 is 0 Å². The lowest BCUT2D eigenvalue weighted by atomic mass is 9.93. The van der Waals surface area contributed by atoms with E-state index in [9.17, 15) is 4.79 Å². The molecule has 2 N–H and O–H groups in total. The highest BCUT2D eigenvalue weighted by Gasteiger charge is 2.29. The van der Waals surface area contributed by atoms with E-state index >= 15 is 0 Å². The normalized spacial score (nSPS) is 16.4. The van der Waals surface area contributed by atoms with E-state index in [4.69, 9.17) is 4.98 Å². The van der Waals surface area contributed by atoms with Crippen molar-refractivity contribution in [1.29, 1.82) is 0 Å². The summed E-state index contributed by atoms with van der Waals surface area (Å²) < 4.78 is 0. The van der Waals surface area contributed by atoms with Crippen LogP contribution in [-0.2, 0) is 0 Å². The number of nitrogens with one attached hydrogen (secondary N) is 2. The van der Waals surface area contributed by atoms with Gasteiger partial charge in [-0.3, -0.25) is 4.79 Å². The maximum absolute atomic E-state index is 12.7. The van der Waals surface area contributed by atoms with Crippen LogP contribution in [0.2, 0.25) is 0 Å². The van der Waals surface area contributed by atoms with E-state index in [2.05, 4.69) is 52.2 Å². The molecule has 1 aliphatic rings. The van der Waals surface area contributed by atoms with Gasteiger partial charge in [0.25, 0.3) is 5.91 Å². The van der Waals surface area contributed by atoms with Crippen LogP contribution < -0.4 is 10.2 Å². The van der Waals surface area contributed by atoms with Crippen LogP contribution in [0.5, 0.6) is 0 Å². The number of benzene rings is 1. The molecule has 1 aliphatic heterocycles. The number of rotatable bonds is 3. The minimum atomic E-state index is -0.316. The van der Waals surface area contributed by atoms with Gasteiger partial charge in [-0.05, 0) is 44.7 Å². The molecule has 0 radical (unpaired) electrons. The molecule has 29 heavy (non-hydrogen) atoms. The fourth-order valence-corrected chi connectivity index (χ4v) is 3.81. The third kappa shape index (κ3) is 4.11. The summed E-state index contributed by atoms with van der Waals surface area (Å²) in [4.78, 5) is 27.4. The standard InChI is InChI=1S/C23H29N5O/c1-22(2,3)27-21(29)17-12-24-20-19(17)26-18(13-25-20)15-7-6-8-16(11-15)28-10-9-23(4,5)14-28/h6-8,11-13H,9-10,14H2,1-5H3,(H,24,25)(H,27,29). The Labute approximate surface area is 171 Å². The first kappa shape index (κ1) is 19.4. The van der Waals surface area contributed by atoms with E-state index in [1.807, 2.05) is 26.8 Å². The molecule has 3 aromatic rings. The molecule has 1 aromatic carbocycles. The first-order valence-corrected chi connectivity index (χ1v) is 10.1. The second-order valence-corrected chi connectivity index (χ2v) is 9.75. The molecule has 3 heterocycles. The van der Waals surface area contributed by atoms with Crippen molar-refractivity contribution in [3.8, 4) is 11.3 Å². The predicted molar refractivity (Wildman–Crippen MR) is 117 cm³/mol. The Morgan fingerprint density at radius 2 is 2.07 bits per heavy atom. The summed E-state index contributed by atoms with van der Waals surface area (Å²) >= 11 is 0. The molecule has 0 saturated carbocycles. The van der Waals surface area contributed by atoms with Crippen LogP contribution in [0, 0.1) is 5.41 Å². The highest BCUT2D eigenvalue weighted by molar-refractivity contribution is 6.05. The number of carbonyl (C=O) groups is 1. The Morgan fingerprint density at radius 3 is 2.76 bits per heavy atom. The van der Waals surface area contributed by atoms with Gasteiger partial charge in [0.1, 0.15) is 5.52 Å². The third-order valence-corrected chi connectivity index (χ3v) is 5.30. The molecule has 6 heteroatoms. The number of fused-ring (bicyclic) bond motifs is 1. The van der Waals surface area contributed by atoms with Gasteiger partial charge >= 0.3 is 0 Å². The van der Waals surface area contributed by atoms with Gasteiger partial charge in [-0.15, -0.1) is 0 Å². The molecule has 0 aliphatic carbocycles. The van der Waals surface area contributed by atoms with Crippen LogP contribution in [0.3, 0.4) is 0 Å². The number of H-pyrrole nitrogens is 1. The highest BCUT2D eigenvalue weighted by atomic mass is 16.1. The Hall–Kier alpha value is -2.89. The fraction of sp³-hybridized carbons (Fsp3) is 0.435. The molecule has 152 valence electrons. The van der Waals surface area contributed by atoms with Gasteiger partial charge in [-0.25, -0.2) is 9.97 Å². The highest BCUT2D eigenvalue weighted by Crippen LogP contribution is 2.34. The zero-order chi connectivity index (χ0) is 20.8. The van der Waals surface area contributed by atoms with Crippen LogP contribution in [0.25, 0.3) is 22.4 Å². The molecular formula is C23H29N5O. The van der Waals surface area contributed by atoms with Gasteiger partial charge in [-0.1, -0.05) is 26.0 Å². The summed E-state index contributed by atoms with van der Waals surface area (Å²) in [6.07, 6.45) is 4.63. The van der Waals surface area contributed by atoms with Crippen molar-refractivity contribution in [3.63, 3.8) is 0 Å². The third-order valence-electron chi connectivity index (χ3n) is 5.30. The Morgan fingerprint density at radius 1 is 1.28 bits per heavy atom. The van der Waals surface area contributed by atoms with E-state index in [-0.39, 0.29) is 11.4 Å². The number of nitrogens with zero attached hydrogens (tertiary/aromatic N) is 3. The zero-order valence-electron chi connectivity index (χ0n) is 17.8. The van der Waals surface area contributed by atoms with Crippen molar-refractivity contribution in [2.75, 3.05) is 18.0 Å². The SMILES string of the molecule is CC1(C)CCN(c2cccc(-c3cnc4[nH]cc(C(=O)NC(C)(C)C)c4n3)c2)C1. The maximum Gasteiger partial charge on any atom is 0.255 e. The first-order chi connectivity index (χ1) is 13.6. The summed E-state index contributed by atoms with van der Waals surface area (Å²) in [6, 6.07) is 8.42. The summed E-state index contributed by atoms with van der Waals surface area (Å²) in [5.74, 6) is -0.150. The van der Waals surface area contributed by atoms with Gasteiger partial charge < -0.3 is 15.2 Å². The number of amides is 1. The minimum Gasteiger partial charge on any atom is -0.371 e. The Kier molecular flexibility index (Phi) is 4.60. The fourth-order valence-electron chi connectivity index (χ4n) is 3.81. The van der Waals surface area contributed by atoms with Crippen LogP contribution in [0.1, 0.15) is 51.4 Å². The van der Waals surface area contributed by atoms with Crippen LogP contribution in [-0.4, -0.2) is 39.5 Å². The number of hydrogen-bond acceptors (Lipinski definition) is 4. The predicted octanol–water partition coefficient (Wildman–Crippen LogP) is 4.39. The van der Waals surface area contributed by atoms with Gasteiger partial charge in [0.15, 0.2) is 5.65 Å². The van der Waals surface area contributed by atoms with Gasteiger partial charge in [0, 0.05) is 36.1 Å². The maximum atomic E-state index is 12.7. The molecular weight excluding hydrogens is 362 g/mol. The molecule has 0 unspecified atom stereocenters. The van der Waals surface area contributed by atoms with Crippen LogP contribution >= 0.6 is 0 Å². The summed E-state index contributed by atoms with van der Waals surface area (Å²) in [7, 11) is 0. The van der Waals surface area contributed by atoms with E-state index in [0.29, 0.717) is 22.1 Å². The molecule has 0 atom stereocenters. The van der Waals surface area contributed by atoms with Crippen molar-refractivity contribution in [2.45, 2.75) is 46.6 Å². The van der Waals surface area contributed by atoms with Crippen molar-refractivity contribution in [3.05, 3.63) is 42.2 Å². The minimum absolute atomic E-state index is 0.150. The van der Waals surface area contributed by atoms with E-state index in [1.54, 1.807) is 12.4 Å². The molecule has 1 amide bonds. The quantitative estimate of drug-likeness (QED) is 0.694. The lowest BCUT2D eigenvalue weighted by molar-refractivity contribution is 0.0921. The molecule has 1 fully saturated rings.